The Morgan fingerprint density at radius 1 is 1.33 bits per heavy atom. The molecule has 0 radical (unpaired) electrons. The van der Waals surface area contributed by atoms with Crippen LogP contribution in [0.2, 0.25) is 0 Å². The van der Waals surface area contributed by atoms with Gasteiger partial charge in [0.2, 0.25) is 0 Å². The molecule has 0 fully saturated rings. The second-order valence-electron chi connectivity index (χ2n) is 2.48. The van der Waals surface area contributed by atoms with Gasteiger partial charge in [-0.15, -0.1) is 11.3 Å². The Labute approximate surface area is 74.1 Å². The van der Waals surface area contributed by atoms with Gasteiger partial charge >= 0.3 is 0 Å². The molecule has 1 aliphatic rings. The van der Waals surface area contributed by atoms with Crippen molar-refractivity contribution in [1.29, 1.82) is 0 Å². The fourth-order valence-corrected chi connectivity index (χ4v) is 1.80. The van der Waals surface area contributed by atoms with Gasteiger partial charge in [0, 0.05) is 10.8 Å². The lowest BCUT2D eigenvalue weighted by molar-refractivity contribution is -0.112. The number of nitrogens with one attached hydrogen (secondary N) is 2. The van der Waals surface area contributed by atoms with Gasteiger partial charge < -0.3 is 10.6 Å². The third-order valence-corrected chi connectivity index (χ3v) is 2.46. The summed E-state index contributed by atoms with van der Waals surface area (Å²) in [5.74, 6) is -0.0663. The number of hydrogen-bond acceptors (Lipinski definition) is 3. The van der Waals surface area contributed by atoms with Crippen molar-refractivity contribution in [3.63, 3.8) is 0 Å². The summed E-state index contributed by atoms with van der Waals surface area (Å²) in [6.07, 6.45) is 1.76. The van der Waals surface area contributed by atoms with E-state index in [0.717, 1.165) is 11.4 Å². The molecule has 1 aromatic rings. The summed E-state index contributed by atoms with van der Waals surface area (Å²) >= 11 is 1.57. The number of fused-ring (bicyclic) bond motifs is 1. The van der Waals surface area contributed by atoms with Crippen LogP contribution in [-0.4, -0.2) is 5.91 Å². The summed E-state index contributed by atoms with van der Waals surface area (Å²) in [6, 6.07) is 0. The number of carbonyl (C=O) groups excluding carboxylic acids is 1. The molecule has 0 unspecified atom stereocenters. The third kappa shape index (κ3) is 1.00. The second kappa shape index (κ2) is 2.64. The average Bonchev–Trinajstić information content (AvgIpc) is 2.49. The highest BCUT2D eigenvalue weighted by atomic mass is 32.1. The molecule has 1 amide bonds. The number of carbonyl (C=O) groups is 1. The first-order valence-corrected chi connectivity index (χ1v) is 4.56. The fraction of sp³-hybridized carbons (Fsp3) is 0.125. The summed E-state index contributed by atoms with van der Waals surface area (Å²) in [7, 11) is 0. The molecule has 2 rings (SSSR count). The lowest BCUT2D eigenvalue weighted by atomic mass is 10.2. The normalized spacial score (nSPS) is 18.4. The van der Waals surface area contributed by atoms with Crippen molar-refractivity contribution in [2.24, 2.45) is 0 Å². The van der Waals surface area contributed by atoms with E-state index in [9.17, 15) is 4.79 Å². The number of amides is 1. The number of rotatable bonds is 0. The number of allylic oxidation sites excluding steroid dienone is 1. The highest BCUT2D eigenvalue weighted by Gasteiger charge is 2.18. The summed E-state index contributed by atoms with van der Waals surface area (Å²) in [4.78, 5) is 11.2. The molecule has 0 aliphatic carbocycles. The predicted molar refractivity (Wildman–Crippen MR) is 50.3 cm³/mol. The predicted octanol–water partition coefficient (Wildman–Crippen LogP) is 2.02. The van der Waals surface area contributed by atoms with Crippen molar-refractivity contribution in [2.45, 2.75) is 6.92 Å². The van der Waals surface area contributed by atoms with E-state index in [0.29, 0.717) is 5.70 Å². The maximum absolute atomic E-state index is 11.2. The molecule has 62 valence electrons. The smallest absolute Gasteiger partial charge is 0.271 e. The van der Waals surface area contributed by atoms with Crippen LogP contribution < -0.4 is 10.6 Å². The lowest BCUT2D eigenvalue weighted by Crippen LogP contribution is -2.24. The van der Waals surface area contributed by atoms with Crippen molar-refractivity contribution >= 4 is 28.6 Å². The minimum atomic E-state index is -0.0663. The van der Waals surface area contributed by atoms with Gasteiger partial charge in [0.05, 0.1) is 11.4 Å². The molecule has 0 spiro atoms. The molecule has 1 aliphatic heterocycles. The van der Waals surface area contributed by atoms with Crippen molar-refractivity contribution in [2.75, 3.05) is 10.6 Å². The van der Waals surface area contributed by atoms with Crippen LogP contribution in [0.15, 0.2) is 22.5 Å². The van der Waals surface area contributed by atoms with E-state index in [2.05, 4.69) is 10.6 Å². The zero-order valence-corrected chi connectivity index (χ0v) is 7.37. The van der Waals surface area contributed by atoms with Crippen LogP contribution in [0.1, 0.15) is 6.92 Å². The van der Waals surface area contributed by atoms with E-state index in [1.165, 1.54) is 0 Å². The minimum Gasteiger partial charge on any atom is -0.349 e. The highest BCUT2D eigenvalue weighted by molar-refractivity contribution is 7.09. The van der Waals surface area contributed by atoms with Gasteiger partial charge in [-0.3, -0.25) is 4.79 Å². The van der Waals surface area contributed by atoms with E-state index < -0.39 is 0 Å². The van der Waals surface area contributed by atoms with E-state index >= 15 is 0 Å². The fourth-order valence-electron chi connectivity index (χ4n) is 1.09. The Morgan fingerprint density at radius 2 is 2.00 bits per heavy atom. The molecule has 2 heterocycles. The third-order valence-electron chi connectivity index (χ3n) is 1.71. The van der Waals surface area contributed by atoms with Gasteiger partial charge in [0.15, 0.2) is 0 Å². The second-order valence-corrected chi connectivity index (χ2v) is 3.22. The van der Waals surface area contributed by atoms with Gasteiger partial charge in [-0.25, -0.2) is 0 Å². The van der Waals surface area contributed by atoms with Crippen molar-refractivity contribution in [3.05, 3.63) is 22.5 Å². The van der Waals surface area contributed by atoms with Crippen LogP contribution in [0, 0.1) is 0 Å². The zero-order valence-electron chi connectivity index (χ0n) is 6.55. The van der Waals surface area contributed by atoms with Gasteiger partial charge in [0.25, 0.3) is 5.91 Å². The summed E-state index contributed by atoms with van der Waals surface area (Å²) in [5, 5.41) is 9.70. The molecule has 2 N–H and O–H groups in total. The first kappa shape index (κ1) is 7.36. The average molecular weight is 180 g/mol. The van der Waals surface area contributed by atoms with E-state index in [1.54, 1.807) is 17.4 Å². The molecule has 3 nitrogen and oxygen atoms in total. The number of hydrogen-bond donors (Lipinski definition) is 2. The Balaban J connectivity index is 2.42. The molecule has 0 bridgehead atoms. The largest absolute Gasteiger partial charge is 0.349 e. The maximum atomic E-state index is 11.2. The van der Waals surface area contributed by atoms with Crippen LogP contribution in [0.25, 0.3) is 0 Å². The van der Waals surface area contributed by atoms with Crippen LogP contribution in [0.3, 0.4) is 0 Å². The Hall–Kier alpha value is -1.29. The molecule has 0 atom stereocenters. The lowest BCUT2D eigenvalue weighted by Gasteiger charge is -2.17. The monoisotopic (exact) mass is 180 g/mol. The van der Waals surface area contributed by atoms with E-state index in [4.69, 9.17) is 0 Å². The summed E-state index contributed by atoms with van der Waals surface area (Å²) in [6.45, 7) is 1.83. The SMILES string of the molecule is C/C=C1\Nc2cscc2NC1=O. The Kier molecular flexibility index (Phi) is 1.62. The van der Waals surface area contributed by atoms with Crippen LogP contribution in [0.5, 0.6) is 0 Å². The minimum absolute atomic E-state index is 0.0663. The first-order chi connectivity index (χ1) is 5.81. The highest BCUT2D eigenvalue weighted by Crippen LogP contribution is 2.31. The summed E-state index contributed by atoms with van der Waals surface area (Å²) < 4.78 is 0. The van der Waals surface area contributed by atoms with Crippen LogP contribution in [-0.2, 0) is 4.79 Å². The van der Waals surface area contributed by atoms with Gasteiger partial charge in [-0.05, 0) is 6.92 Å². The van der Waals surface area contributed by atoms with Crippen molar-refractivity contribution < 1.29 is 4.79 Å². The van der Waals surface area contributed by atoms with Crippen LogP contribution in [0.4, 0.5) is 11.4 Å². The topological polar surface area (TPSA) is 41.1 Å². The van der Waals surface area contributed by atoms with Gasteiger partial charge in [-0.2, -0.15) is 0 Å². The molecule has 0 saturated carbocycles. The van der Waals surface area contributed by atoms with Crippen LogP contribution >= 0.6 is 11.3 Å². The Morgan fingerprint density at radius 3 is 2.67 bits per heavy atom. The number of thiophene rings is 1. The molecule has 4 heteroatoms. The van der Waals surface area contributed by atoms with E-state index in [-0.39, 0.29) is 5.91 Å². The molecule has 12 heavy (non-hydrogen) atoms. The molecule has 1 aromatic heterocycles. The van der Waals surface area contributed by atoms with Gasteiger partial charge in [-0.1, -0.05) is 6.08 Å². The summed E-state index contributed by atoms with van der Waals surface area (Å²) in [5.41, 5.74) is 2.46. The molecular weight excluding hydrogens is 172 g/mol. The quantitative estimate of drug-likeness (QED) is 0.600. The first-order valence-electron chi connectivity index (χ1n) is 3.62. The molecule has 0 saturated heterocycles. The maximum Gasteiger partial charge on any atom is 0.271 e. The van der Waals surface area contributed by atoms with E-state index in [1.807, 2.05) is 17.7 Å². The van der Waals surface area contributed by atoms with Crippen molar-refractivity contribution in [1.82, 2.24) is 0 Å². The zero-order chi connectivity index (χ0) is 8.55. The Bertz CT molecular complexity index is 354. The standard InChI is InChI=1S/C8H8N2OS/c1-2-5-8(11)10-7-4-12-3-6(7)9-5/h2-4,9H,1H3,(H,10,11)/b5-2-. The molecular formula is C8H8N2OS. The van der Waals surface area contributed by atoms with Gasteiger partial charge in [0.1, 0.15) is 5.70 Å². The molecule has 0 aromatic carbocycles. The number of anilines is 2. The van der Waals surface area contributed by atoms with Crippen molar-refractivity contribution in [3.8, 4) is 0 Å².